The van der Waals surface area contributed by atoms with Crippen LogP contribution in [0, 0.1) is 5.92 Å². The first-order valence-electron chi connectivity index (χ1n) is 9.85. The van der Waals surface area contributed by atoms with Crippen LogP contribution >= 0.6 is 0 Å². The zero-order valence-corrected chi connectivity index (χ0v) is 16.0. The average Bonchev–Trinajstić information content (AvgIpc) is 3.12. The molecule has 6 heteroatoms. The van der Waals surface area contributed by atoms with Gasteiger partial charge in [0.05, 0.1) is 0 Å². The third-order valence-electron chi connectivity index (χ3n) is 5.52. The number of rotatable bonds is 4. The standard InChI is InChI=1S/C20H30N2O4/c1-20(2)13-16(23)12-17(26-20)19(25)22-11-5-6-15(14-22)7-8-18(24)21-9-3-4-10-21/h12,15H,3-11,13-14H2,1-2H3. The van der Waals surface area contributed by atoms with Crippen molar-refractivity contribution in [1.29, 1.82) is 0 Å². The zero-order valence-electron chi connectivity index (χ0n) is 16.0. The molecule has 0 bridgehead atoms. The molecule has 2 amide bonds. The van der Waals surface area contributed by atoms with Crippen LogP contribution in [-0.2, 0) is 19.1 Å². The second-order valence-electron chi connectivity index (χ2n) is 8.40. The van der Waals surface area contributed by atoms with E-state index < -0.39 is 5.60 Å². The van der Waals surface area contributed by atoms with Crippen molar-refractivity contribution in [3.8, 4) is 0 Å². The molecular weight excluding hydrogens is 332 g/mol. The van der Waals surface area contributed by atoms with E-state index in [1.807, 2.05) is 18.7 Å². The maximum Gasteiger partial charge on any atom is 0.289 e. The van der Waals surface area contributed by atoms with Gasteiger partial charge in [-0.3, -0.25) is 14.4 Å². The summed E-state index contributed by atoms with van der Waals surface area (Å²) in [5, 5.41) is 0. The van der Waals surface area contributed by atoms with Crippen molar-refractivity contribution < 1.29 is 19.1 Å². The molecule has 0 N–H and O–H groups in total. The van der Waals surface area contributed by atoms with E-state index in [4.69, 9.17) is 4.74 Å². The largest absolute Gasteiger partial charge is 0.481 e. The number of carbonyl (C=O) groups is 3. The highest BCUT2D eigenvalue weighted by Crippen LogP contribution is 2.28. The Morgan fingerprint density at radius 2 is 1.85 bits per heavy atom. The lowest BCUT2D eigenvalue weighted by Gasteiger charge is -2.36. The molecule has 3 aliphatic heterocycles. The Morgan fingerprint density at radius 1 is 1.15 bits per heavy atom. The molecule has 3 rings (SSSR count). The number of allylic oxidation sites excluding steroid dienone is 1. The van der Waals surface area contributed by atoms with Crippen LogP contribution in [0.2, 0.25) is 0 Å². The Balaban J connectivity index is 1.53. The SMILES string of the molecule is CC1(C)CC(=O)C=C(C(=O)N2CCCC(CCC(=O)N3CCCC3)C2)O1. The number of hydrogen-bond acceptors (Lipinski definition) is 4. The molecular formula is C20H30N2O4. The molecule has 6 nitrogen and oxygen atoms in total. The van der Waals surface area contributed by atoms with Crippen LogP contribution in [0.4, 0.5) is 0 Å². The van der Waals surface area contributed by atoms with Crippen LogP contribution in [0.25, 0.3) is 0 Å². The normalized spacial score (nSPS) is 25.7. The lowest BCUT2D eigenvalue weighted by molar-refractivity contribution is -0.139. The molecule has 0 aromatic heterocycles. The van der Waals surface area contributed by atoms with Crippen LogP contribution in [0.1, 0.15) is 58.8 Å². The van der Waals surface area contributed by atoms with Gasteiger partial charge in [-0.25, -0.2) is 0 Å². The van der Waals surface area contributed by atoms with E-state index in [1.165, 1.54) is 6.08 Å². The summed E-state index contributed by atoms with van der Waals surface area (Å²) < 4.78 is 5.75. The van der Waals surface area contributed by atoms with E-state index in [-0.39, 0.29) is 23.4 Å². The number of ether oxygens (including phenoxy) is 1. The Labute approximate surface area is 155 Å². The molecule has 2 fully saturated rings. The second-order valence-corrected chi connectivity index (χ2v) is 8.40. The molecule has 1 atom stereocenters. The average molecular weight is 362 g/mol. The molecule has 1 unspecified atom stereocenters. The fraction of sp³-hybridized carbons (Fsp3) is 0.750. The predicted octanol–water partition coefficient (Wildman–Crippen LogP) is 2.28. The summed E-state index contributed by atoms with van der Waals surface area (Å²) in [5.74, 6) is 0.500. The van der Waals surface area contributed by atoms with Gasteiger partial charge in [0, 0.05) is 45.1 Å². The quantitative estimate of drug-likeness (QED) is 0.769. The van der Waals surface area contributed by atoms with Gasteiger partial charge in [0.2, 0.25) is 5.91 Å². The summed E-state index contributed by atoms with van der Waals surface area (Å²) in [6, 6.07) is 0. The van der Waals surface area contributed by atoms with Gasteiger partial charge < -0.3 is 14.5 Å². The summed E-state index contributed by atoms with van der Waals surface area (Å²) in [6.07, 6.45) is 7.23. The molecule has 3 aliphatic rings. The monoisotopic (exact) mass is 362 g/mol. The smallest absolute Gasteiger partial charge is 0.289 e. The minimum absolute atomic E-state index is 0.0608. The van der Waals surface area contributed by atoms with E-state index in [2.05, 4.69) is 0 Å². The molecule has 26 heavy (non-hydrogen) atoms. The summed E-state index contributed by atoms with van der Waals surface area (Å²) in [5.41, 5.74) is -0.631. The molecule has 0 aromatic rings. The van der Waals surface area contributed by atoms with Gasteiger partial charge >= 0.3 is 0 Å². The van der Waals surface area contributed by atoms with Crippen molar-refractivity contribution in [2.75, 3.05) is 26.2 Å². The van der Waals surface area contributed by atoms with Crippen molar-refractivity contribution >= 4 is 17.6 Å². The topological polar surface area (TPSA) is 66.9 Å². The Morgan fingerprint density at radius 3 is 2.54 bits per heavy atom. The van der Waals surface area contributed by atoms with Crippen molar-refractivity contribution in [2.45, 2.75) is 64.4 Å². The van der Waals surface area contributed by atoms with Gasteiger partial charge in [0.1, 0.15) is 5.60 Å². The van der Waals surface area contributed by atoms with E-state index in [9.17, 15) is 14.4 Å². The summed E-state index contributed by atoms with van der Waals surface area (Å²) >= 11 is 0. The number of piperidine rings is 1. The van der Waals surface area contributed by atoms with Crippen LogP contribution in [0.15, 0.2) is 11.8 Å². The van der Waals surface area contributed by atoms with Gasteiger partial charge in [-0.1, -0.05) is 0 Å². The lowest BCUT2D eigenvalue weighted by atomic mass is 9.92. The third kappa shape index (κ3) is 4.65. The summed E-state index contributed by atoms with van der Waals surface area (Å²) in [4.78, 5) is 40.6. The minimum Gasteiger partial charge on any atom is -0.481 e. The zero-order chi connectivity index (χ0) is 18.7. The maximum atomic E-state index is 12.8. The fourth-order valence-corrected chi connectivity index (χ4v) is 4.18. The fourth-order valence-electron chi connectivity index (χ4n) is 4.18. The van der Waals surface area contributed by atoms with Gasteiger partial charge in [0.25, 0.3) is 5.91 Å². The van der Waals surface area contributed by atoms with Gasteiger partial charge in [0.15, 0.2) is 11.5 Å². The number of amides is 2. The Kier molecular flexibility index (Phi) is 5.68. The predicted molar refractivity (Wildman–Crippen MR) is 97.2 cm³/mol. The second kappa shape index (κ2) is 7.80. The van der Waals surface area contributed by atoms with Crippen LogP contribution < -0.4 is 0 Å². The maximum absolute atomic E-state index is 12.8. The third-order valence-corrected chi connectivity index (χ3v) is 5.52. The van der Waals surface area contributed by atoms with Gasteiger partial charge in [-0.15, -0.1) is 0 Å². The van der Waals surface area contributed by atoms with Crippen LogP contribution in [0.5, 0.6) is 0 Å². The minimum atomic E-state index is -0.631. The lowest BCUT2D eigenvalue weighted by Crippen LogP contribution is -2.44. The highest BCUT2D eigenvalue weighted by molar-refractivity contribution is 6.01. The van der Waals surface area contributed by atoms with E-state index in [0.29, 0.717) is 31.8 Å². The first kappa shape index (κ1) is 18.9. The Hall–Kier alpha value is -1.85. The van der Waals surface area contributed by atoms with Crippen molar-refractivity contribution in [3.05, 3.63) is 11.8 Å². The number of hydrogen-bond donors (Lipinski definition) is 0. The molecule has 0 spiro atoms. The van der Waals surface area contributed by atoms with E-state index in [1.54, 1.807) is 4.90 Å². The van der Waals surface area contributed by atoms with Crippen molar-refractivity contribution in [2.24, 2.45) is 5.92 Å². The number of likely N-dealkylation sites (tertiary alicyclic amines) is 2. The Bertz CT molecular complexity index is 605. The number of ketones is 1. The number of nitrogens with zero attached hydrogens (tertiary/aromatic N) is 2. The van der Waals surface area contributed by atoms with E-state index in [0.717, 1.165) is 45.2 Å². The molecule has 0 radical (unpaired) electrons. The molecule has 0 aliphatic carbocycles. The number of carbonyl (C=O) groups excluding carboxylic acids is 3. The highest BCUT2D eigenvalue weighted by atomic mass is 16.5. The molecule has 2 saturated heterocycles. The van der Waals surface area contributed by atoms with Crippen LogP contribution in [-0.4, -0.2) is 59.2 Å². The van der Waals surface area contributed by atoms with E-state index >= 15 is 0 Å². The van der Waals surface area contributed by atoms with Gasteiger partial charge in [-0.05, 0) is 51.9 Å². The van der Waals surface area contributed by atoms with Crippen molar-refractivity contribution in [3.63, 3.8) is 0 Å². The first-order chi connectivity index (χ1) is 12.3. The van der Waals surface area contributed by atoms with Crippen molar-refractivity contribution in [1.82, 2.24) is 9.80 Å². The highest BCUT2D eigenvalue weighted by Gasteiger charge is 2.35. The molecule has 0 saturated carbocycles. The van der Waals surface area contributed by atoms with Gasteiger partial charge in [-0.2, -0.15) is 0 Å². The van der Waals surface area contributed by atoms with Crippen LogP contribution in [0.3, 0.4) is 0 Å². The summed E-state index contributed by atoms with van der Waals surface area (Å²) in [6.45, 7) is 6.77. The molecule has 144 valence electrons. The first-order valence-corrected chi connectivity index (χ1v) is 9.85. The summed E-state index contributed by atoms with van der Waals surface area (Å²) in [7, 11) is 0. The molecule has 0 aromatic carbocycles. The molecule has 3 heterocycles.